The van der Waals surface area contributed by atoms with Gasteiger partial charge < -0.3 is 21.1 Å². The highest BCUT2D eigenvalue weighted by Gasteiger charge is 2.28. The van der Waals surface area contributed by atoms with Crippen molar-refractivity contribution in [2.45, 2.75) is 51.9 Å². The van der Waals surface area contributed by atoms with Crippen LogP contribution in [0, 0.1) is 6.92 Å². The molecule has 3 rings (SSSR count). The van der Waals surface area contributed by atoms with Crippen LogP contribution >= 0.6 is 0 Å². The van der Waals surface area contributed by atoms with Crippen LogP contribution in [-0.2, 0) is 27.5 Å². The molecule has 0 fully saturated rings. The molecule has 37 heavy (non-hydrogen) atoms. The predicted octanol–water partition coefficient (Wildman–Crippen LogP) is 0.816. The third kappa shape index (κ3) is 7.54. The number of hydrogen-bond donors (Lipinski definition) is 4. The number of benzene rings is 1. The monoisotopic (exact) mass is 511 g/mol. The molecule has 2 heterocycles. The van der Waals surface area contributed by atoms with E-state index in [-0.39, 0.29) is 25.3 Å². The number of carbonyl (C=O) groups is 3. The van der Waals surface area contributed by atoms with Crippen molar-refractivity contribution in [1.29, 1.82) is 0 Å². The molecule has 0 radical (unpaired) electrons. The molecule has 0 saturated carbocycles. The summed E-state index contributed by atoms with van der Waals surface area (Å²) in [6, 6.07) is 7.13. The van der Waals surface area contributed by atoms with Crippen molar-refractivity contribution in [3.05, 3.63) is 70.0 Å². The molecule has 3 aromatic rings. The van der Waals surface area contributed by atoms with Gasteiger partial charge in [-0.05, 0) is 18.9 Å². The van der Waals surface area contributed by atoms with Gasteiger partial charge in [0.2, 0.25) is 5.91 Å². The van der Waals surface area contributed by atoms with E-state index in [0.29, 0.717) is 17.9 Å². The van der Waals surface area contributed by atoms with Crippen LogP contribution in [0.1, 0.15) is 42.8 Å². The van der Waals surface area contributed by atoms with Gasteiger partial charge in [-0.3, -0.25) is 23.7 Å². The van der Waals surface area contributed by atoms with Gasteiger partial charge in [-0.25, -0.2) is 9.61 Å². The maximum atomic E-state index is 13.1. The first-order valence-electron chi connectivity index (χ1n) is 11.7. The number of aliphatic carboxylic acids is 1. The molecule has 0 bridgehead atoms. The highest BCUT2D eigenvalue weighted by Crippen LogP contribution is 2.12. The number of carboxylic acid groups (broad SMARTS) is 1. The van der Waals surface area contributed by atoms with Crippen molar-refractivity contribution in [3.8, 4) is 0 Å². The van der Waals surface area contributed by atoms with Crippen LogP contribution in [0.4, 0.5) is 5.82 Å². The van der Waals surface area contributed by atoms with E-state index in [1.165, 1.54) is 17.0 Å². The number of rotatable bonds is 14. The third-order valence-corrected chi connectivity index (χ3v) is 5.62. The number of amides is 1. The normalized spacial score (nSPS) is 12.5. The number of carbonyl (C=O) groups excluding carboxylic acids is 2. The van der Waals surface area contributed by atoms with Gasteiger partial charge >= 0.3 is 5.97 Å². The highest BCUT2D eigenvalue weighted by atomic mass is 16.6. The van der Waals surface area contributed by atoms with E-state index in [1.54, 1.807) is 13.8 Å². The Morgan fingerprint density at radius 3 is 2.54 bits per heavy atom. The van der Waals surface area contributed by atoms with Gasteiger partial charge in [-0.2, -0.15) is 0 Å². The first-order chi connectivity index (χ1) is 17.8. The molecule has 0 aliphatic carbocycles. The molecular formula is C24H29N7O6. The van der Waals surface area contributed by atoms with E-state index in [0.717, 1.165) is 5.56 Å². The SMILES string of the molecule is CCC(C(=O)NC(CC(=O)O)C(=O)CNCc1ccccc1)n1ccnc(NCc2nonc2C)c1=O. The number of nitrogens with one attached hydrogen (secondary N) is 3. The number of aryl methyl sites for hydroxylation is 1. The summed E-state index contributed by atoms with van der Waals surface area (Å²) in [5.41, 5.74) is 1.44. The summed E-state index contributed by atoms with van der Waals surface area (Å²) in [5.74, 6) is -2.39. The zero-order valence-corrected chi connectivity index (χ0v) is 20.5. The van der Waals surface area contributed by atoms with Crippen LogP contribution in [-0.4, -0.2) is 55.2 Å². The Balaban J connectivity index is 1.68. The second kappa shape index (κ2) is 13.1. The van der Waals surface area contributed by atoms with E-state index < -0.39 is 41.7 Å². The molecule has 13 nitrogen and oxygen atoms in total. The van der Waals surface area contributed by atoms with Crippen molar-refractivity contribution in [3.63, 3.8) is 0 Å². The number of anilines is 1. The first-order valence-corrected chi connectivity index (χ1v) is 11.7. The number of Topliss-reactive ketones (excluding diaryl/α,β-unsaturated/α-hetero) is 1. The first kappa shape index (κ1) is 27.2. The average molecular weight is 512 g/mol. The number of carboxylic acids is 1. The zero-order chi connectivity index (χ0) is 26.8. The minimum Gasteiger partial charge on any atom is -0.481 e. The van der Waals surface area contributed by atoms with Gasteiger partial charge in [-0.15, -0.1) is 0 Å². The minimum atomic E-state index is -1.26. The summed E-state index contributed by atoms with van der Waals surface area (Å²) < 4.78 is 5.82. The molecule has 2 aromatic heterocycles. The molecule has 0 spiro atoms. The molecular weight excluding hydrogens is 482 g/mol. The van der Waals surface area contributed by atoms with Gasteiger partial charge in [0.1, 0.15) is 17.4 Å². The zero-order valence-electron chi connectivity index (χ0n) is 20.5. The van der Waals surface area contributed by atoms with Gasteiger partial charge in [0.25, 0.3) is 5.56 Å². The van der Waals surface area contributed by atoms with E-state index in [4.69, 9.17) is 0 Å². The molecule has 1 amide bonds. The fraction of sp³-hybridized carbons (Fsp3) is 0.375. The average Bonchev–Trinajstić information content (AvgIpc) is 3.29. The molecule has 4 N–H and O–H groups in total. The molecule has 2 unspecified atom stereocenters. The van der Waals surface area contributed by atoms with Gasteiger partial charge in [0.05, 0.1) is 25.6 Å². The number of aromatic nitrogens is 4. The highest BCUT2D eigenvalue weighted by molar-refractivity contribution is 5.93. The molecule has 2 atom stereocenters. The number of hydrogen-bond acceptors (Lipinski definition) is 10. The van der Waals surface area contributed by atoms with Crippen LogP contribution in [0.3, 0.4) is 0 Å². The Bertz CT molecular complexity index is 1270. The maximum Gasteiger partial charge on any atom is 0.305 e. The Kier molecular flexibility index (Phi) is 9.61. The van der Waals surface area contributed by atoms with Crippen LogP contribution < -0.4 is 21.5 Å². The van der Waals surface area contributed by atoms with Gasteiger partial charge in [0.15, 0.2) is 11.6 Å². The summed E-state index contributed by atoms with van der Waals surface area (Å²) in [6.45, 7) is 3.81. The van der Waals surface area contributed by atoms with Crippen LogP contribution in [0.25, 0.3) is 0 Å². The molecule has 0 aliphatic heterocycles. The van der Waals surface area contributed by atoms with Gasteiger partial charge in [-0.1, -0.05) is 47.6 Å². The molecule has 13 heteroatoms. The topological polar surface area (TPSA) is 181 Å². The van der Waals surface area contributed by atoms with Gasteiger partial charge in [0, 0.05) is 18.9 Å². The van der Waals surface area contributed by atoms with Crippen molar-refractivity contribution >= 4 is 23.5 Å². The van der Waals surface area contributed by atoms with Crippen LogP contribution in [0.2, 0.25) is 0 Å². The second-order valence-electron chi connectivity index (χ2n) is 8.28. The quantitative estimate of drug-likeness (QED) is 0.240. The fourth-order valence-electron chi connectivity index (χ4n) is 3.61. The molecule has 0 aliphatic rings. The lowest BCUT2D eigenvalue weighted by Crippen LogP contribution is -2.48. The predicted molar refractivity (Wildman–Crippen MR) is 132 cm³/mol. The summed E-state index contributed by atoms with van der Waals surface area (Å²) in [5, 5.41) is 25.0. The number of ketones is 1. The molecule has 196 valence electrons. The van der Waals surface area contributed by atoms with E-state index in [2.05, 4.69) is 35.9 Å². The lowest BCUT2D eigenvalue weighted by Gasteiger charge is -2.22. The smallest absolute Gasteiger partial charge is 0.305 e. The Morgan fingerprint density at radius 1 is 1.14 bits per heavy atom. The van der Waals surface area contributed by atoms with Crippen LogP contribution in [0.5, 0.6) is 0 Å². The number of nitrogens with zero attached hydrogens (tertiary/aromatic N) is 4. The fourth-order valence-corrected chi connectivity index (χ4v) is 3.61. The molecule has 0 saturated heterocycles. The Morgan fingerprint density at radius 2 is 1.89 bits per heavy atom. The van der Waals surface area contributed by atoms with E-state index in [1.807, 2.05) is 30.3 Å². The standard InChI is InChI=1S/C24H29N7O6/c1-3-19(31-10-9-26-22(24(31)36)27-13-18-15(2)29-37-30-18)23(35)28-17(11-21(33)34)20(32)14-25-12-16-7-5-4-6-8-16/h4-10,17,19,25H,3,11-14H2,1-2H3,(H,26,27)(H,28,35)(H,33,34). The Hall–Kier alpha value is -4.39. The summed E-state index contributed by atoms with van der Waals surface area (Å²) >= 11 is 0. The molecule has 1 aromatic carbocycles. The van der Waals surface area contributed by atoms with Crippen molar-refractivity contribution < 1.29 is 24.1 Å². The summed E-state index contributed by atoms with van der Waals surface area (Å²) in [4.78, 5) is 54.3. The van der Waals surface area contributed by atoms with E-state index in [9.17, 15) is 24.3 Å². The summed E-state index contributed by atoms with van der Waals surface area (Å²) in [7, 11) is 0. The largest absolute Gasteiger partial charge is 0.481 e. The lowest BCUT2D eigenvalue weighted by atomic mass is 10.1. The van der Waals surface area contributed by atoms with Crippen molar-refractivity contribution in [2.75, 3.05) is 11.9 Å². The van der Waals surface area contributed by atoms with Crippen LogP contribution in [0.15, 0.2) is 52.1 Å². The summed E-state index contributed by atoms with van der Waals surface area (Å²) in [6.07, 6.45) is 2.35. The Labute approximate surface area is 212 Å². The van der Waals surface area contributed by atoms with Crippen molar-refractivity contribution in [1.82, 2.24) is 30.5 Å². The lowest BCUT2D eigenvalue weighted by molar-refractivity contribution is -0.140. The third-order valence-electron chi connectivity index (χ3n) is 5.62. The van der Waals surface area contributed by atoms with E-state index >= 15 is 0 Å². The maximum absolute atomic E-state index is 13.1. The minimum absolute atomic E-state index is 0.0144. The van der Waals surface area contributed by atoms with Crippen molar-refractivity contribution in [2.24, 2.45) is 0 Å². The second-order valence-corrected chi connectivity index (χ2v) is 8.28.